The van der Waals surface area contributed by atoms with Gasteiger partial charge in [-0.15, -0.1) is 0 Å². The minimum absolute atomic E-state index is 0.182. The van der Waals surface area contributed by atoms with Crippen molar-refractivity contribution in [3.63, 3.8) is 0 Å². The van der Waals surface area contributed by atoms with Gasteiger partial charge in [0.2, 0.25) is 0 Å². The molecule has 6 rings (SSSR count). The topological polar surface area (TPSA) is 54.3 Å². The number of hydrogen-bond acceptors (Lipinski definition) is 3. The van der Waals surface area contributed by atoms with Crippen molar-refractivity contribution in [2.24, 2.45) is 5.41 Å². The number of aromatic nitrogens is 3. The molecule has 0 radical (unpaired) electrons. The fourth-order valence-electron chi connectivity index (χ4n) is 5.58. The van der Waals surface area contributed by atoms with Gasteiger partial charge in [-0.05, 0) is 42.2 Å². The molecule has 1 aromatic heterocycles. The Bertz CT molecular complexity index is 980. The molecular formula is C25H33N5O. The van der Waals surface area contributed by atoms with E-state index in [0.717, 1.165) is 44.8 Å². The standard InChI is InChI=1S/C25H33N5O/c1-24(2,3)20-8-6-17(7-9-20)19-12-28(13-19)23(31)29-14-25(15-29)10-21(11-25)30-16-26-22(27-30)18-4-5-18/h6-9,16,18-19,21H,4-5,10-15H2,1-3H3. The van der Waals surface area contributed by atoms with Crippen molar-refractivity contribution in [2.45, 2.75) is 69.7 Å². The molecule has 31 heavy (non-hydrogen) atoms. The van der Waals surface area contributed by atoms with E-state index in [4.69, 9.17) is 5.10 Å². The predicted molar refractivity (Wildman–Crippen MR) is 119 cm³/mol. The van der Waals surface area contributed by atoms with Crippen LogP contribution in [0.25, 0.3) is 0 Å². The molecule has 0 atom stereocenters. The Morgan fingerprint density at radius 3 is 2.29 bits per heavy atom. The van der Waals surface area contributed by atoms with Gasteiger partial charge in [-0.1, -0.05) is 45.0 Å². The van der Waals surface area contributed by atoms with Crippen molar-refractivity contribution in [3.8, 4) is 0 Å². The first kappa shape index (κ1) is 19.3. The monoisotopic (exact) mass is 419 g/mol. The molecule has 0 N–H and O–H groups in total. The zero-order chi connectivity index (χ0) is 21.4. The average Bonchev–Trinajstić information content (AvgIpc) is 3.36. The summed E-state index contributed by atoms with van der Waals surface area (Å²) in [7, 11) is 0. The van der Waals surface area contributed by atoms with Gasteiger partial charge in [-0.3, -0.25) is 0 Å². The maximum Gasteiger partial charge on any atom is 0.320 e. The normalized spacial score (nSPS) is 23.5. The molecule has 164 valence electrons. The highest BCUT2D eigenvalue weighted by molar-refractivity contribution is 5.77. The van der Waals surface area contributed by atoms with E-state index in [-0.39, 0.29) is 11.4 Å². The Hall–Kier alpha value is -2.37. The van der Waals surface area contributed by atoms with E-state index < -0.39 is 0 Å². The fourth-order valence-corrected chi connectivity index (χ4v) is 5.58. The first-order valence-electron chi connectivity index (χ1n) is 11.9. The van der Waals surface area contributed by atoms with Gasteiger partial charge in [0.15, 0.2) is 5.82 Å². The van der Waals surface area contributed by atoms with Crippen LogP contribution in [0.3, 0.4) is 0 Å². The van der Waals surface area contributed by atoms with E-state index in [1.165, 1.54) is 24.0 Å². The van der Waals surface area contributed by atoms with Gasteiger partial charge < -0.3 is 9.80 Å². The minimum atomic E-state index is 0.182. The van der Waals surface area contributed by atoms with Crippen molar-refractivity contribution in [2.75, 3.05) is 26.2 Å². The molecule has 4 fully saturated rings. The molecule has 2 amide bonds. The number of likely N-dealkylation sites (tertiary alicyclic amines) is 2. The summed E-state index contributed by atoms with van der Waals surface area (Å²) in [5, 5.41) is 4.70. The van der Waals surface area contributed by atoms with Crippen LogP contribution in [0.15, 0.2) is 30.6 Å². The molecule has 1 aromatic carbocycles. The molecule has 2 aliphatic carbocycles. The number of amides is 2. The quantitative estimate of drug-likeness (QED) is 0.745. The van der Waals surface area contributed by atoms with Crippen molar-refractivity contribution >= 4 is 6.03 Å². The van der Waals surface area contributed by atoms with E-state index in [1.807, 2.05) is 16.1 Å². The number of carbonyl (C=O) groups excluding carboxylic acids is 1. The second kappa shape index (κ2) is 6.57. The van der Waals surface area contributed by atoms with Gasteiger partial charge >= 0.3 is 6.03 Å². The van der Waals surface area contributed by atoms with Crippen LogP contribution in [-0.4, -0.2) is 56.8 Å². The Labute approximate surface area is 184 Å². The largest absolute Gasteiger partial charge is 0.323 e. The third-order valence-corrected chi connectivity index (χ3v) is 7.90. The van der Waals surface area contributed by atoms with Crippen LogP contribution < -0.4 is 0 Å². The molecule has 4 aliphatic rings. The molecule has 2 saturated heterocycles. The Morgan fingerprint density at radius 1 is 1.00 bits per heavy atom. The zero-order valence-electron chi connectivity index (χ0n) is 18.9. The smallest absolute Gasteiger partial charge is 0.320 e. The number of rotatable bonds is 3. The van der Waals surface area contributed by atoms with Crippen LogP contribution in [0.5, 0.6) is 0 Å². The van der Waals surface area contributed by atoms with Gasteiger partial charge in [0.1, 0.15) is 6.33 Å². The van der Waals surface area contributed by atoms with E-state index in [0.29, 0.717) is 23.3 Å². The SMILES string of the molecule is CC(C)(C)c1ccc(C2CN(C(=O)N3CC4(CC(n5cnc(C6CC6)n5)C4)C3)C2)cc1. The molecule has 6 nitrogen and oxygen atoms in total. The van der Waals surface area contributed by atoms with Crippen LogP contribution in [0, 0.1) is 5.41 Å². The molecule has 3 heterocycles. The highest BCUT2D eigenvalue weighted by Crippen LogP contribution is 2.54. The molecule has 0 bridgehead atoms. The van der Waals surface area contributed by atoms with Gasteiger partial charge in [0, 0.05) is 43.4 Å². The zero-order valence-corrected chi connectivity index (χ0v) is 18.9. The summed E-state index contributed by atoms with van der Waals surface area (Å²) in [5.41, 5.74) is 3.24. The maximum atomic E-state index is 12.9. The van der Waals surface area contributed by atoms with Gasteiger partial charge in [-0.25, -0.2) is 14.5 Å². The fraction of sp³-hybridized carbons (Fsp3) is 0.640. The molecule has 2 aliphatic heterocycles. The second-order valence-electron chi connectivity index (χ2n) is 11.5. The van der Waals surface area contributed by atoms with Crippen LogP contribution in [0.4, 0.5) is 4.79 Å². The van der Waals surface area contributed by atoms with Crippen molar-refractivity contribution in [1.29, 1.82) is 0 Å². The molecule has 1 spiro atoms. The van der Waals surface area contributed by atoms with Gasteiger partial charge in [0.25, 0.3) is 0 Å². The lowest BCUT2D eigenvalue weighted by molar-refractivity contribution is -0.0771. The summed E-state index contributed by atoms with van der Waals surface area (Å²) < 4.78 is 2.08. The summed E-state index contributed by atoms with van der Waals surface area (Å²) in [6.45, 7) is 10.3. The van der Waals surface area contributed by atoms with E-state index in [2.05, 4.69) is 54.7 Å². The molecule has 2 saturated carbocycles. The Morgan fingerprint density at radius 2 is 1.68 bits per heavy atom. The molecule has 6 heteroatoms. The summed E-state index contributed by atoms with van der Waals surface area (Å²) in [6, 6.07) is 9.69. The molecular weight excluding hydrogens is 386 g/mol. The minimum Gasteiger partial charge on any atom is -0.323 e. The third kappa shape index (κ3) is 3.35. The van der Waals surface area contributed by atoms with Crippen LogP contribution in [0.1, 0.15) is 81.3 Å². The lowest BCUT2D eigenvalue weighted by Crippen LogP contribution is -2.67. The van der Waals surface area contributed by atoms with Crippen LogP contribution in [0.2, 0.25) is 0 Å². The highest BCUT2D eigenvalue weighted by atomic mass is 16.2. The van der Waals surface area contributed by atoms with Crippen LogP contribution in [-0.2, 0) is 5.41 Å². The summed E-state index contributed by atoms with van der Waals surface area (Å²) in [5.74, 6) is 2.13. The highest BCUT2D eigenvalue weighted by Gasteiger charge is 2.55. The number of carbonyl (C=O) groups is 1. The Balaban J connectivity index is 0.973. The predicted octanol–water partition coefficient (Wildman–Crippen LogP) is 4.31. The number of nitrogens with zero attached hydrogens (tertiary/aromatic N) is 5. The van der Waals surface area contributed by atoms with Crippen molar-refractivity contribution in [1.82, 2.24) is 24.6 Å². The van der Waals surface area contributed by atoms with E-state index >= 15 is 0 Å². The first-order chi connectivity index (χ1) is 14.8. The lowest BCUT2D eigenvalue weighted by Gasteiger charge is -2.60. The summed E-state index contributed by atoms with van der Waals surface area (Å²) >= 11 is 0. The maximum absolute atomic E-state index is 12.9. The van der Waals surface area contributed by atoms with Crippen LogP contribution >= 0.6 is 0 Å². The van der Waals surface area contributed by atoms with Gasteiger partial charge in [-0.2, -0.15) is 5.10 Å². The first-order valence-corrected chi connectivity index (χ1v) is 11.9. The summed E-state index contributed by atoms with van der Waals surface area (Å²) in [4.78, 5) is 21.4. The number of urea groups is 1. The second-order valence-corrected chi connectivity index (χ2v) is 11.5. The number of benzene rings is 1. The van der Waals surface area contributed by atoms with Crippen molar-refractivity contribution < 1.29 is 4.79 Å². The van der Waals surface area contributed by atoms with Gasteiger partial charge in [0.05, 0.1) is 6.04 Å². The number of hydrogen-bond donors (Lipinski definition) is 0. The lowest BCUT2D eigenvalue weighted by atomic mass is 9.61. The third-order valence-electron chi connectivity index (χ3n) is 7.90. The molecule has 2 aromatic rings. The average molecular weight is 420 g/mol. The Kier molecular flexibility index (Phi) is 4.09. The molecule has 0 unspecified atom stereocenters. The van der Waals surface area contributed by atoms with E-state index in [1.54, 1.807) is 0 Å². The van der Waals surface area contributed by atoms with E-state index in [9.17, 15) is 4.79 Å². The summed E-state index contributed by atoms with van der Waals surface area (Å²) in [6.07, 6.45) is 6.67. The van der Waals surface area contributed by atoms with Crippen molar-refractivity contribution in [3.05, 3.63) is 47.5 Å².